The van der Waals surface area contributed by atoms with Gasteiger partial charge in [0.25, 0.3) is 0 Å². The second kappa shape index (κ2) is 5.10. The SMILES string of the molecule is CNC(c1c(F)cccc1F)C1OCCC1C. The van der Waals surface area contributed by atoms with Crippen LogP contribution in [0.4, 0.5) is 8.78 Å². The zero-order valence-electron chi connectivity index (χ0n) is 10.0. The summed E-state index contributed by atoms with van der Waals surface area (Å²) in [5.74, 6) is -0.745. The molecule has 0 radical (unpaired) electrons. The predicted octanol–water partition coefficient (Wildman–Crippen LogP) is 2.65. The largest absolute Gasteiger partial charge is 0.376 e. The molecule has 1 fully saturated rings. The highest BCUT2D eigenvalue weighted by Gasteiger charge is 2.34. The Bertz CT molecular complexity index is 377. The second-order valence-corrected chi connectivity index (χ2v) is 4.50. The number of nitrogens with one attached hydrogen (secondary N) is 1. The molecule has 0 saturated carbocycles. The molecule has 0 aromatic heterocycles. The first-order valence-corrected chi connectivity index (χ1v) is 5.88. The van der Waals surface area contributed by atoms with Gasteiger partial charge < -0.3 is 10.1 Å². The van der Waals surface area contributed by atoms with Crippen molar-refractivity contribution in [2.24, 2.45) is 5.92 Å². The molecule has 1 saturated heterocycles. The lowest BCUT2D eigenvalue weighted by molar-refractivity contribution is 0.0608. The highest BCUT2D eigenvalue weighted by molar-refractivity contribution is 5.24. The molecule has 17 heavy (non-hydrogen) atoms. The molecular weight excluding hydrogens is 224 g/mol. The smallest absolute Gasteiger partial charge is 0.131 e. The van der Waals surface area contributed by atoms with E-state index in [9.17, 15) is 8.78 Å². The van der Waals surface area contributed by atoms with E-state index in [0.29, 0.717) is 12.5 Å². The first-order valence-electron chi connectivity index (χ1n) is 5.88. The minimum absolute atomic E-state index is 0.0775. The van der Waals surface area contributed by atoms with Crippen LogP contribution < -0.4 is 5.32 Å². The van der Waals surface area contributed by atoms with Gasteiger partial charge in [0.2, 0.25) is 0 Å². The Hall–Kier alpha value is -1.00. The maximum absolute atomic E-state index is 13.7. The van der Waals surface area contributed by atoms with Crippen LogP contribution in [0.25, 0.3) is 0 Å². The summed E-state index contributed by atoms with van der Waals surface area (Å²) in [6.07, 6.45) is 0.755. The van der Waals surface area contributed by atoms with Crippen LogP contribution >= 0.6 is 0 Å². The third kappa shape index (κ3) is 2.33. The quantitative estimate of drug-likeness (QED) is 0.878. The molecule has 3 atom stereocenters. The summed E-state index contributed by atoms with van der Waals surface area (Å²) in [5, 5.41) is 2.97. The van der Waals surface area contributed by atoms with Crippen LogP contribution in [0.2, 0.25) is 0 Å². The van der Waals surface area contributed by atoms with Crippen LogP contribution in [0.5, 0.6) is 0 Å². The molecular formula is C13H17F2NO. The maximum Gasteiger partial charge on any atom is 0.131 e. The molecule has 0 bridgehead atoms. The molecule has 1 aliphatic heterocycles. The van der Waals surface area contributed by atoms with Crippen LogP contribution in [-0.4, -0.2) is 19.8 Å². The van der Waals surface area contributed by atoms with Gasteiger partial charge in [-0.3, -0.25) is 0 Å². The Kier molecular flexibility index (Phi) is 3.74. The third-order valence-electron chi connectivity index (χ3n) is 3.39. The van der Waals surface area contributed by atoms with E-state index in [0.717, 1.165) is 6.42 Å². The van der Waals surface area contributed by atoms with Crippen LogP contribution in [-0.2, 0) is 4.74 Å². The number of likely N-dealkylation sites (N-methyl/N-ethyl adjacent to an activating group) is 1. The summed E-state index contributed by atoms with van der Waals surface area (Å²) in [5.41, 5.74) is 0.0775. The Morgan fingerprint density at radius 2 is 2.00 bits per heavy atom. The van der Waals surface area contributed by atoms with E-state index >= 15 is 0 Å². The molecule has 0 aliphatic carbocycles. The van der Waals surface area contributed by atoms with Gasteiger partial charge in [-0.25, -0.2) is 8.78 Å². The number of hydrogen-bond acceptors (Lipinski definition) is 2. The summed E-state index contributed by atoms with van der Waals surface area (Å²) in [6.45, 7) is 2.70. The highest BCUT2D eigenvalue weighted by atomic mass is 19.1. The number of benzene rings is 1. The zero-order valence-corrected chi connectivity index (χ0v) is 10.0. The van der Waals surface area contributed by atoms with Crippen molar-refractivity contribution in [3.8, 4) is 0 Å². The Morgan fingerprint density at radius 1 is 1.35 bits per heavy atom. The second-order valence-electron chi connectivity index (χ2n) is 4.50. The third-order valence-corrected chi connectivity index (χ3v) is 3.39. The van der Waals surface area contributed by atoms with Crippen molar-refractivity contribution in [1.29, 1.82) is 0 Å². The van der Waals surface area contributed by atoms with Gasteiger partial charge >= 0.3 is 0 Å². The minimum atomic E-state index is -0.521. The summed E-state index contributed by atoms with van der Waals surface area (Å²) < 4.78 is 33.1. The monoisotopic (exact) mass is 241 g/mol. The van der Waals surface area contributed by atoms with Gasteiger partial charge in [0.05, 0.1) is 12.1 Å². The number of rotatable bonds is 3. The molecule has 1 aromatic carbocycles. The van der Waals surface area contributed by atoms with Gasteiger partial charge in [0.1, 0.15) is 11.6 Å². The van der Waals surface area contributed by atoms with Gasteiger partial charge in [-0.2, -0.15) is 0 Å². The zero-order chi connectivity index (χ0) is 12.4. The van der Waals surface area contributed by atoms with Crippen LogP contribution in [0.15, 0.2) is 18.2 Å². The van der Waals surface area contributed by atoms with Gasteiger partial charge in [-0.1, -0.05) is 13.0 Å². The molecule has 0 spiro atoms. The normalized spacial score (nSPS) is 26.1. The van der Waals surface area contributed by atoms with Crippen molar-refractivity contribution in [3.63, 3.8) is 0 Å². The maximum atomic E-state index is 13.7. The number of ether oxygens (including phenoxy) is 1. The first-order chi connectivity index (χ1) is 8.15. The topological polar surface area (TPSA) is 21.3 Å². The average Bonchev–Trinajstić information content (AvgIpc) is 2.70. The first kappa shape index (κ1) is 12.5. The molecule has 2 rings (SSSR count). The van der Waals surface area contributed by atoms with Crippen LogP contribution in [0.1, 0.15) is 24.9 Å². The highest BCUT2D eigenvalue weighted by Crippen LogP contribution is 2.33. The van der Waals surface area contributed by atoms with Gasteiger partial charge in [-0.05, 0) is 31.5 Å². The van der Waals surface area contributed by atoms with Gasteiger partial charge in [-0.15, -0.1) is 0 Å². The number of halogens is 2. The van der Waals surface area contributed by atoms with E-state index < -0.39 is 17.7 Å². The van der Waals surface area contributed by atoms with Crippen molar-refractivity contribution < 1.29 is 13.5 Å². The molecule has 1 heterocycles. The fourth-order valence-electron chi connectivity index (χ4n) is 2.42. The van der Waals surface area contributed by atoms with Crippen LogP contribution in [0, 0.1) is 17.6 Å². The van der Waals surface area contributed by atoms with E-state index in [4.69, 9.17) is 4.74 Å². The predicted molar refractivity (Wildman–Crippen MR) is 61.7 cm³/mol. The molecule has 1 aromatic rings. The fourth-order valence-corrected chi connectivity index (χ4v) is 2.42. The Balaban J connectivity index is 2.35. The summed E-state index contributed by atoms with van der Waals surface area (Å²) in [6, 6.07) is 3.50. The van der Waals surface area contributed by atoms with Crippen LogP contribution in [0.3, 0.4) is 0 Å². The molecule has 3 unspecified atom stereocenters. The molecule has 94 valence electrons. The van der Waals surface area contributed by atoms with Crippen molar-refractivity contribution in [3.05, 3.63) is 35.4 Å². The molecule has 2 nitrogen and oxygen atoms in total. The van der Waals surface area contributed by atoms with Crippen molar-refractivity contribution in [2.75, 3.05) is 13.7 Å². The van der Waals surface area contributed by atoms with Crippen molar-refractivity contribution in [2.45, 2.75) is 25.5 Å². The molecule has 1 N–H and O–H groups in total. The van der Waals surface area contributed by atoms with E-state index in [-0.39, 0.29) is 11.7 Å². The standard InChI is InChI=1S/C13H17F2NO/c1-8-6-7-17-13(8)12(16-2)11-9(14)4-3-5-10(11)15/h3-5,8,12-13,16H,6-7H2,1-2H3. The molecule has 1 aliphatic rings. The lowest BCUT2D eigenvalue weighted by Crippen LogP contribution is -2.34. The Labute approximate surface area is 100.0 Å². The fraction of sp³-hybridized carbons (Fsp3) is 0.538. The summed E-state index contributed by atoms with van der Waals surface area (Å²) >= 11 is 0. The average molecular weight is 241 g/mol. The lowest BCUT2D eigenvalue weighted by atomic mass is 9.92. The van der Waals surface area contributed by atoms with E-state index in [1.807, 2.05) is 6.92 Å². The summed E-state index contributed by atoms with van der Waals surface area (Å²) in [7, 11) is 1.70. The van der Waals surface area contributed by atoms with Crippen molar-refractivity contribution >= 4 is 0 Å². The van der Waals surface area contributed by atoms with Gasteiger partial charge in [0, 0.05) is 12.2 Å². The Morgan fingerprint density at radius 3 is 2.47 bits per heavy atom. The molecule has 0 amide bonds. The van der Waals surface area contributed by atoms with E-state index in [1.165, 1.54) is 18.2 Å². The lowest BCUT2D eigenvalue weighted by Gasteiger charge is -2.26. The van der Waals surface area contributed by atoms with Crippen molar-refractivity contribution in [1.82, 2.24) is 5.32 Å². The summed E-state index contributed by atoms with van der Waals surface area (Å²) in [4.78, 5) is 0. The minimum Gasteiger partial charge on any atom is -0.376 e. The molecule has 4 heteroatoms. The van der Waals surface area contributed by atoms with E-state index in [2.05, 4.69) is 5.32 Å². The number of hydrogen-bond donors (Lipinski definition) is 1. The van der Waals surface area contributed by atoms with Gasteiger partial charge in [0.15, 0.2) is 0 Å². The van der Waals surface area contributed by atoms with E-state index in [1.54, 1.807) is 7.05 Å².